The zero-order chi connectivity index (χ0) is 25.4. The van der Waals surface area contributed by atoms with Crippen molar-refractivity contribution in [3.8, 4) is 11.5 Å². The molecule has 0 bridgehead atoms. The molecule has 0 aliphatic carbocycles. The second-order valence-corrected chi connectivity index (χ2v) is 12.6. The van der Waals surface area contributed by atoms with Crippen molar-refractivity contribution >= 4 is 41.0 Å². The quantitative estimate of drug-likeness (QED) is 0.0757. The van der Waals surface area contributed by atoms with Crippen LogP contribution >= 0.6 is 23.0 Å². The third-order valence-corrected chi connectivity index (χ3v) is 7.73. The number of hydrogen-bond donors (Lipinski definition) is 4. The molecule has 1 atom stereocenters. The molecule has 0 aliphatic rings. The van der Waals surface area contributed by atoms with Gasteiger partial charge in [-0.2, -0.15) is 0 Å². The Hall–Kier alpha value is 0.610. The van der Waals surface area contributed by atoms with Crippen molar-refractivity contribution in [2.45, 2.75) is 6.42 Å². The van der Waals surface area contributed by atoms with Crippen LogP contribution in [-0.4, -0.2) is 68.7 Å². The normalized spacial score (nSPS) is 12.1. The fraction of sp³-hybridized carbons (Fsp3) is 0.316. The molecule has 0 radical (unpaired) electrons. The maximum Gasteiger partial charge on any atom is 1.00 e. The van der Waals surface area contributed by atoms with Gasteiger partial charge in [0, 0.05) is 6.54 Å². The first-order chi connectivity index (χ1) is 15.8. The smallest absolute Gasteiger partial charge is 0.631 e. The first kappa shape index (κ1) is 36.6. The molecule has 2 rings (SSSR count). The predicted molar refractivity (Wildman–Crippen MR) is 133 cm³/mol. The molecule has 36 heavy (non-hydrogen) atoms. The summed E-state index contributed by atoms with van der Waals surface area (Å²) in [6, 6.07) is 14.3. The standard InChI is InChI=1S/C19H26N3O8P3S.2Na/c1-21(20-13-17-5-7-18(29-2)8-6-17)31(34)30-19-9-3-16(4-10-19)11-12-22(14-32(23,24)25)15-33(26,27)28;;/h3-10,13H,11-12,14-15H2,1-2H3,(H3-,23,24,25,26,27,28);;/q;2*+1/p+1/b20-13-;;. The zero-order valence-corrected chi connectivity index (χ0v) is 28.0. The number of rotatable bonds is 13. The van der Waals surface area contributed by atoms with Crippen molar-refractivity contribution in [2.75, 3.05) is 33.3 Å². The minimum absolute atomic E-state index is 0. The van der Waals surface area contributed by atoms with Gasteiger partial charge in [0.15, 0.2) is 18.3 Å². The van der Waals surface area contributed by atoms with Crippen molar-refractivity contribution in [3.63, 3.8) is 0 Å². The second kappa shape index (κ2) is 17.3. The van der Waals surface area contributed by atoms with Gasteiger partial charge in [0.05, 0.1) is 20.4 Å². The Morgan fingerprint density at radius 3 is 1.92 bits per heavy atom. The average Bonchev–Trinajstić information content (AvgIpc) is 2.75. The molecule has 0 saturated heterocycles. The molecule has 0 amide bonds. The third kappa shape index (κ3) is 15.3. The van der Waals surface area contributed by atoms with Crippen LogP contribution in [-0.2, 0) is 18.2 Å². The molecule has 1 unspecified atom stereocenters. The molecule has 4 N–H and O–H groups in total. The topological polar surface area (TPSA) is 164 Å². The molecular weight excluding hydrogens is 569 g/mol. The second-order valence-electron chi connectivity index (χ2n) is 7.24. The molecular formula is C19H27N3Na2O8P3S+3. The van der Waals surface area contributed by atoms with Gasteiger partial charge in [-0.05, 0) is 53.9 Å². The van der Waals surface area contributed by atoms with Gasteiger partial charge in [0.25, 0.3) is 0 Å². The zero-order valence-electron chi connectivity index (χ0n) is 20.5. The van der Waals surface area contributed by atoms with E-state index in [0.717, 1.165) is 21.8 Å². The van der Waals surface area contributed by atoms with E-state index < -0.39 is 35.5 Å². The number of benzene rings is 2. The van der Waals surface area contributed by atoms with Crippen LogP contribution in [0.3, 0.4) is 0 Å². The van der Waals surface area contributed by atoms with E-state index in [1.807, 2.05) is 24.3 Å². The molecule has 0 saturated carbocycles. The van der Waals surface area contributed by atoms with Crippen LogP contribution in [0.25, 0.3) is 0 Å². The SMILES string of the molecule is COc1ccc(/C=N\N(C)[P+](=S)Oc2ccc(CCN(C[P+]([O-])(O)O)C[P+]([O-])(O)O)cc2)cc1.[Na+].[Na+]. The van der Waals surface area contributed by atoms with Crippen LogP contribution in [0.5, 0.6) is 11.5 Å². The Morgan fingerprint density at radius 1 is 0.944 bits per heavy atom. The van der Waals surface area contributed by atoms with E-state index in [9.17, 15) is 9.79 Å². The monoisotopic (exact) mass is 596 g/mol. The van der Waals surface area contributed by atoms with Crippen LogP contribution in [0.2, 0.25) is 0 Å². The van der Waals surface area contributed by atoms with Crippen molar-refractivity contribution in [1.29, 1.82) is 0 Å². The molecule has 0 heterocycles. The molecule has 0 spiro atoms. The van der Waals surface area contributed by atoms with Gasteiger partial charge in [-0.1, -0.05) is 16.9 Å². The van der Waals surface area contributed by atoms with E-state index in [1.54, 1.807) is 49.4 Å². The Bertz CT molecular complexity index is 948. The summed E-state index contributed by atoms with van der Waals surface area (Å²) >= 11 is 5.40. The summed E-state index contributed by atoms with van der Waals surface area (Å²) < 4.78 is 12.4. The molecule has 0 aliphatic heterocycles. The molecule has 17 heteroatoms. The van der Waals surface area contributed by atoms with E-state index in [1.165, 1.54) is 0 Å². The minimum Gasteiger partial charge on any atom is -0.631 e. The third-order valence-electron chi connectivity index (χ3n) is 4.32. The summed E-state index contributed by atoms with van der Waals surface area (Å²) in [7, 11) is -7.08. The van der Waals surface area contributed by atoms with Crippen LogP contribution in [0.1, 0.15) is 11.1 Å². The van der Waals surface area contributed by atoms with E-state index in [4.69, 9.17) is 40.6 Å². The largest absolute Gasteiger partial charge is 1.00 e. The number of hydrogen-bond acceptors (Lipinski definition) is 11. The summed E-state index contributed by atoms with van der Waals surface area (Å²) in [6.07, 6.45) is 0.523. The molecule has 0 aromatic heterocycles. The van der Waals surface area contributed by atoms with Crippen molar-refractivity contribution in [3.05, 3.63) is 59.7 Å². The van der Waals surface area contributed by atoms with Gasteiger partial charge in [0.2, 0.25) is 27.7 Å². The molecule has 186 valence electrons. The molecule has 11 nitrogen and oxygen atoms in total. The van der Waals surface area contributed by atoms with Gasteiger partial charge in [-0.15, -0.1) is 5.10 Å². The van der Waals surface area contributed by atoms with Crippen LogP contribution < -0.4 is 78.2 Å². The average molecular weight is 596 g/mol. The van der Waals surface area contributed by atoms with Gasteiger partial charge in [0.1, 0.15) is 5.75 Å². The van der Waals surface area contributed by atoms with Gasteiger partial charge >= 0.3 is 66.2 Å². The maximum atomic E-state index is 11.3. The maximum absolute atomic E-state index is 11.3. The van der Waals surface area contributed by atoms with E-state index in [2.05, 4.69) is 5.10 Å². The van der Waals surface area contributed by atoms with Crippen LogP contribution in [0.4, 0.5) is 0 Å². The number of nitrogens with zero attached hydrogens (tertiary/aromatic N) is 3. The van der Waals surface area contributed by atoms with Gasteiger partial charge in [-0.3, -0.25) is 4.52 Å². The van der Waals surface area contributed by atoms with Gasteiger partial charge < -0.3 is 14.5 Å². The van der Waals surface area contributed by atoms with E-state index in [-0.39, 0.29) is 65.7 Å². The molecule has 2 aromatic rings. The Balaban J connectivity index is 0.00000612. The molecule has 0 fully saturated rings. The molecule has 2 aromatic carbocycles. The fourth-order valence-corrected chi connectivity index (χ4v) is 5.37. The fourth-order valence-electron chi connectivity index (χ4n) is 2.74. The summed E-state index contributed by atoms with van der Waals surface area (Å²) in [5.74, 6) is 1.28. The van der Waals surface area contributed by atoms with E-state index in [0.29, 0.717) is 12.2 Å². The van der Waals surface area contributed by atoms with Crippen molar-refractivity contribution in [2.24, 2.45) is 5.10 Å². The summed E-state index contributed by atoms with van der Waals surface area (Å²) in [4.78, 5) is 60.1. The Morgan fingerprint density at radius 2 is 1.44 bits per heavy atom. The number of hydrazone groups is 1. The predicted octanol–water partition coefficient (Wildman–Crippen LogP) is -5.20. The van der Waals surface area contributed by atoms with E-state index >= 15 is 0 Å². The summed E-state index contributed by atoms with van der Waals surface area (Å²) in [6.45, 7) is 0.0625. The first-order valence-corrected chi connectivity index (χ1v) is 15.6. The number of ether oxygens (including phenoxy) is 1. The van der Waals surface area contributed by atoms with Crippen molar-refractivity contribution in [1.82, 2.24) is 9.68 Å². The summed E-state index contributed by atoms with van der Waals surface area (Å²) in [5.41, 5.74) is 1.68. The van der Waals surface area contributed by atoms with Gasteiger partial charge in [-0.25, -0.2) is 24.5 Å². The number of methoxy groups -OCH3 is 1. The Labute approximate surface area is 262 Å². The summed E-state index contributed by atoms with van der Waals surface area (Å²) in [5, 5.41) is 4.30. The van der Waals surface area contributed by atoms with Crippen molar-refractivity contribution < 1.29 is 97.7 Å². The van der Waals surface area contributed by atoms with Crippen LogP contribution in [0.15, 0.2) is 53.6 Å². The Kier molecular flexibility index (Phi) is 17.6. The van der Waals surface area contributed by atoms with Crippen LogP contribution in [0, 0.1) is 0 Å². The first-order valence-electron chi connectivity index (χ1n) is 9.82. The minimum atomic E-state index is -4.46.